The van der Waals surface area contributed by atoms with Crippen molar-refractivity contribution in [3.63, 3.8) is 0 Å². The van der Waals surface area contributed by atoms with Crippen LogP contribution in [-0.2, 0) is 0 Å². The largest absolute Gasteiger partial charge is 0.311 e. The Morgan fingerprint density at radius 2 is 1.79 bits per heavy atom. The van der Waals surface area contributed by atoms with Gasteiger partial charge in [-0.2, -0.15) is 11.8 Å². The average molecular weight is 286 g/mol. The average Bonchev–Trinajstić information content (AvgIpc) is 2.39. The van der Waals surface area contributed by atoms with Gasteiger partial charge in [0.15, 0.2) is 0 Å². The van der Waals surface area contributed by atoms with E-state index in [1.54, 1.807) is 0 Å². The lowest BCUT2D eigenvalue weighted by molar-refractivity contribution is 0.134. The normalized spacial score (nSPS) is 26.4. The SMILES string of the molecule is CCSCCC(C)NC1CCC(C(C)(C)CC)CC1. The molecule has 1 unspecified atom stereocenters. The molecule has 1 N–H and O–H groups in total. The molecule has 19 heavy (non-hydrogen) atoms. The zero-order chi connectivity index (χ0) is 14.3. The molecule has 1 atom stereocenters. The molecule has 1 rings (SSSR count). The van der Waals surface area contributed by atoms with Gasteiger partial charge in [0.1, 0.15) is 0 Å². The van der Waals surface area contributed by atoms with Gasteiger partial charge in [0.25, 0.3) is 0 Å². The highest BCUT2D eigenvalue weighted by atomic mass is 32.2. The van der Waals surface area contributed by atoms with Gasteiger partial charge >= 0.3 is 0 Å². The third-order valence-electron chi connectivity index (χ3n) is 5.16. The summed E-state index contributed by atoms with van der Waals surface area (Å²) in [4.78, 5) is 0. The van der Waals surface area contributed by atoms with Gasteiger partial charge in [0.05, 0.1) is 0 Å². The van der Waals surface area contributed by atoms with Crippen LogP contribution in [0, 0.1) is 11.3 Å². The van der Waals surface area contributed by atoms with E-state index < -0.39 is 0 Å². The Balaban J connectivity index is 2.23. The van der Waals surface area contributed by atoms with Crippen molar-refractivity contribution in [1.82, 2.24) is 5.32 Å². The summed E-state index contributed by atoms with van der Waals surface area (Å²) in [6.07, 6.45) is 8.27. The first-order valence-electron chi connectivity index (χ1n) is 8.33. The smallest absolute Gasteiger partial charge is 0.00697 e. The summed E-state index contributed by atoms with van der Waals surface area (Å²) in [5.41, 5.74) is 0.550. The fraction of sp³-hybridized carbons (Fsp3) is 1.00. The predicted molar refractivity (Wildman–Crippen MR) is 90.0 cm³/mol. The minimum Gasteiger partial charge on any atom is -0.311 e. The molecule has 0 spiro atoms. The molecule has 0 bridgehead atoms. The second-order valence-corrected chi connectivity index (χ2v) is 8.34. The zero-order valence-corrected chi connectivity index (χ0v) is 14.6. The molecule has 0 saturated heterocycles. The number of rotatable bonds is 8. The van der Waals surface area contributed by atoms with E-state index in [0.29, 0.717) is 11.5 Å². The van der Waals surface area contributed by atoms with Crippen LogP contribution in [0.1, 0.15) is 73.1 Å². The van der Waals surface area contributed by atoms with Gasteiger partial charge in [-0.1, -0.05) is 34.1 Å². The summed E-state index contributed by atoms with van der Waals surface area (Å²) in [5, 5.41) is 3.85. The van der Waals surface area contributed by atoms with E-state index in [9.17, 15) is 0 Å². The summed E-state index contributed by atoms with van der Waals surface area (Å²) in [6.45, 7) is 11.9. The van der Waals surface area contributed by atoms with Crippen LogP contribution >= 0.6 is 11.8 Å². The Labute approximate surface area is 125 Å². The molecule has 2 heteroatoms. The molecule has 1 fully saturated rings. The third-order valence-corrected chi connectivity index (χ3v) is 6.10. The van der Waals surface area contributed by atoms with Crippen LogP contribution in [0.15, 0.2) is 0 Å². The molecule has 0 aromatic carbocycles. The van der Waals surface area contributed by atoms with Crippen molar-refractivity contribution >= 4 is 11.8 Å². The second-order valence-electron chi connectivity index (χ2n) is 6.94. The number of hydrogen-bond acceptors (Lipinski definition) is 2. The monoisotopic (exact) mass is 285 g/mol. The quantitative estimate of drug-likeness (QED) is 0.622. The van der Waals surface area contributed by atoms with Crippen molar-refractivity contribution in [3.8, 4) is 0 Å². The summed E-state index contributed by atoms with van der Waals surface area (Å²) in [7, 11) is 0. The van der Waals surface area contributed by atoms with Crippen LogP contribution in [0.4, 0.5) is 0 Å². The van der Waals surface area contributed by atoms with Gasteiger partial charge in [0, 0.05) is 12.1 Å². The molecule has 0 aromatic rings. The van der Waals surface area contributed by atoms with Crippen LogP contribution in [0.25, 0.3) is 0 Å². The van der Waals surface area contributed by atoms with E-state index in [1.807, 2.05) is 0 Å². The second kappa shape index (κ2) is 8.56. The van der Waals surface area contributed by atoms with Crippen LogP contribution in [0.3, 0.4) is 0 Å². The maximum absolute atomic E-state index is 3.85. The summed E-state index contributed by atoms with van der Waals surface area (Å²) in [5.74, 6) is 3.51. The lowest BCUT2D eigenvalue weighted by Gasteiger charge is -2.39. The first kappa shape index (κ1) is 17.4. The number of hydrogen-bond donors (Lipinski definition) is 1. The van der Waals surface area contributed by atoms with Crippen molar-refractivity contribution < 1.29 is 0 Å². The van der Waals surface area contributed by atoms with Gasteiger partial charge in [-0.05, 0) is 61.9 Å². The summed E-state index contributed by atoms with van der Waals surface area (Å²) >= 11 is 2.07. The van der Waals surface area contributed by atoms with Crippen LogP contribution < -0.4 is 5.32 Å². The van der Waals surface area contributed by atoms with Crippen molar-refractivity contribution in [1.29, 1.82) is 0 Å². The molecule has 114 valence electrons. The Kier molecular flexibility index (Phi) is 7.83. The fourth-order valence-corrected chi connectivity index (χ4v) is 4.03. The maximum atomic E-state index is 3.85. The third kappa shape index (κ3) is 6.08. The highest BCUT2D eigenvalue weighted by molar-refractivity contribution is 7.99. The van der Waals surface area contributed by atoms with Gasteiger partial charge in [-0.25, -0.2) is 0 Å². The van der Waals surface area contributed by atoms with Gasteiger partial charge in [-0.15, -0.1) is 0 Å². The highest BCUT2D eigenvalue weighted by Crippen LogP contribution is 2.40. The fourth-order valence-electron chi connectivity index (χ4n) is 3.22. The Morgan fingerprint density at radius 3 is 2.32 bits per heavy atom. The summed E-state index contributed by atoms with van der Waals surface area (Å²) in [6, 6.07) is 1.48. The molecule has 0 aromatic heterocycles. The Hall–Kier alpha value is 0.310. The van der Waals surface area contributed by atoms with Crippen LogP contribution in [0.5, 0.6) is 0 Å². The molecule has 1 aliphatic carbocycles. The van der Waals surface area contributed by atoms with E-state index in [2.05, 4.69) is 51.7 Å². The molecular weight excluding hydrogens is 250 g/mol. The molecular formula is C17H35NS. The standard InChI is InChI=1S/C17H35NS/c1-6-17(4,5)15-8-10-16(11-9-15)18-14(3)12-13-19-7-2/h14-16,18H,6-13H2,1-5H3. The first-order chi connectivity index (χ1) is 8.99. The minimum atomic E-state index is 0.550. The van der Waals surface area contributed by atoms with E-state index >= 15 is 0 Å². The van der Waals surface area contributed by atoms with Crippen molar-refractivity contribution in [2.75, 3.05) is 11.5 Å². The predicted octanol–water partition coefficient (Wildman–Crippen LogP) is 5.10. The van der Waals surface area contributed by atoms with Crippen molar-refractivity contribution in [2.45, 2.75) is 85.2 Å². The molecule has 0 aliphatic heterocycles. The van der Waals surface area contributed by atoms with Gasteiger partial charge in [-0.3, -0.25) is 0 Å². The topological polar surface area (TPSA) is 12.0 Å². The Bertz CT molecular complexity index is 231. The lowest BCUT2D eigenvalue weighted by Crippen LogP contribution is -2.41. The van der Waals surface area contributed by atoms with E-state index in [0.717, 1.165) is 12.0 Å². The van der Waals surface area contributed by atoms with E-state index in [-0.39, 0.29) is 0 Å². The van der Waals surface area contributed by atoms with E-state index in [1.165, 1.54) is 50.0 Å². The molecule has 0 amide bonds. The number of nitrogens with one attached hydrogen (secondary N) is 1. The summed E-state index contributed by atoms with van der Waals surface area (Å²) < 4.78 is 0. The van der Waals surface area contributed by atoms with Gasteiger partial charge in [0.2, 0.25) is 0 Å². The first-order valence-corrected chi connectivity index (χ1v) is 9.48. The zero-order valence-electron chi connectivity index (χ0n) is 13.8. The van der Waals surface area contributed by atoms with Gasteiger partial charge < -0.3 is 5.32 Å². The maximum Gasteiger partial charge on any atom is 0.00697 e. The van der Waals surface area contributed by atoms with Crippen LogP contribution in [-0.4, -0.2) is 23.6 Å². The minimum absolute atomic E-state index is 0.550. The molecule has 1 aliphatic rings. The highest BCUT2D eigenvalue weighted by Gasteiger charge is 2.31. The molecule has 1 nitrogen and oxygen atoms in total. The number of thioether (sulfide) groups is 1. The van der Waals surface area contributed by atoms with Crippen molar-refractivity contribution in [3.05, 3.63) is 0 Å². The lowest BCUT2D eigenvalue weighted by atomic mass is 9.69. The molecule has 1 saturated carbocycles. The van der Waals surface area contributed by atoms with E-state index in [4.69, 9.17) is 0 Å². The van der Waals surface area contributed by atoms with Crippen LogP contribution in [0.2, 0.25) is 0 Å². The molecule has 0 radical (unpaired) electrons. The van der Waals surface area contributed by atoms with Crippen molar-refractivity contribution in [2.24, 2.45) is 11.3 Å². The molecule has 0 heterocycles. The Morgan fingerprint density at radius 1 is 1.16 bits per heavy atom.